The van der Waals surface area contributed by atoms with Crippen molar-refractivity contribution in [3.8, 4) is 0 Å². The maximum atomic E-state index is 3.62. The Morgan fingerprint density at radius 1 is 0.750 bits per heavy atom. The van der Waals surface area contributed by atoms with Crippen molar-refractivity contribution in [2.75, 3.05) is 5.33 Å². The molecule has 16 heavy (non-hydrogen) atoms. The van der Waals surface area contributed by atoms with Gasteiger partial charge in [0, 0.05) is 5.33 Å². The highest BCUT2D eigenvalue weighted by Gasteiger charge is 1.76. The first-order valence-corrected chi connectivity index (χ1v) is 6.86. The molecule has 0 unspecified atom stereocenters. The van der Waals surface area contributed by atoms with Gasteiger partial charge in [0.05, 0.1) is 0 Å². The molecule has 0 amide bonds. The zero-order valence-corrected chi connectivity index (χ0v) is 11.4. The molecular weight excluding hydrogens is 260 g/mol. The summed E-state index contributed by atoms with van der Waals surface area (Å²) in [5.74, 6) is 0. The van der Waals surface area contributed by atoms with Crippen LogP contribution in [0.1, 0.15) is 25.7 Å². The van der Waals surface area contributed by atoms with E-state index in [1.165, 1.54) is 6.42 Å². The van der Waals surface area contributed by atoms with Gasteiger partial charge >= 0.3 is 0 Å². The number of alkyl halides is 1. The molecule has 0 saturated heterocycles. The van der Waals surface area contributed by atoms with E-state index in [0.29, 0.717) is 0 Å². The van der Waals surface area contributed by atoms with Crippen molar-refractivity contribution in [2.45, 2.75) is 25.7 Å². The first-order valence-electron chi connectivity index (χ1n) is 5.73. The SMILES string of the molecule is C=CC=CCCC=CC=CC=CCCCBr. The normalized spacial score (nSPS) is 12.6. The van der Waals surface area contributed by atoms with Gasteiger partial charge in [-0.25, -0.2) is 0 Å². The minimum Gasteiger partial charge on any atom is -0.0991 e. The summed E-state index contributed by atoms with van der Waals surface area (Å²) in [5.41, 5.74) is 0. The summed E-state index contributed by atoms with van der Waals surface area (Å²) in [6, 6.07) is 0. The third kappa shape index (κ3) is 13.2. The number of hydrogen-bond donors (Lipinski definition) is 0. The molecule has 1 heteroatoms. The Kier molecular flexibility index (Phi) is 13.5. The second kappa shape index (κ2) is 14.2. The Morgan fingerprint density at radius 3 is 1.88 bits per heavy atom. The van der Waals surface area contributed by atoms with E-state index in [9.17, 15) is 0 Å². The summed E-state index contributed by atoms with van der Waals surface area (Å²) in [6.07, 6.45) is 23.1. The van der Waals surface area contributed by atoms with Crippen molar-refractivity contribution >= 4 is 15.9 Å². The first kappa shape index (κ1) is 15.2. The highest BCUT2D eigenvalue weighted by Crippen LogP contribution is 1.96. The van der Waals surface area contributed by atoms with E-state index >= 15 is 0 Å². The first-order chi connectivity index (χ1) is 7.91. The molecule has 0 nitrogen and oxygen atoms in total. The summed E-state index contributed by atoms with van der Waals surface area (Å²) in [5, 5.41) is 1.08. The van der Waals surface area contributed by atoms with Crippen LogP contribution in [-0.2, 0) is 0 Å². The minimum atomic E-state index is 1.08. The molecule has 0 rings (SSSR count). The molecule has 0 aromatic heterocycles. The van der Waals surface area contributed by atoms with Crippen molar-refractivity contribution in [3.63, 3.8) is 0 Å². The summed E-state index contributed by atoms with van der Waals surface area (Å²) in [6.45, 7) is 3.62. The second-order valence-corrected chi connectivity index (χ2v) is 4.11. The Morgan fingerprint density at radius 2 is 1.31 bits per heavy atom. The third-order valence-corrected chi connectivity index (χ3v) is 2.44. The molecule has 0 saturated carbocycles. The average Bonchev–Trinajstić information content (AvgIpc) is 2.31. The van der Waals surface area contributed by atoms with Crippen molar-refractivity contribution in [3.05, 3.63) is 61.3 Å². The zero-order chi connectivity index (χ0) is 11.9. The van der Waals surface area contributed by atoms with Gasteiger partial charge in [0.25, 0.3) is 0 Å². The van der Waals surface area contributed by atoms with Crippen molar-refractivity contribution in [2.24, 2.45) is 0 Å². The number of rotatable bonds is 9. The molecule has 0 aromatic rings. The van der Waals surface area contributed by atoms with Gasteiger partial charge in [-0.1, -0.05) is 77.2 Å². The van der Waals surface area contributed by atoms with Crippen LogP contribution in [0.2, 0.25) is 0 Å². The average molecular weight is 281 g/mol. The van der Waals surface area contributed by atoms with Crippen LogP contribution in [-0.4, -0.2) is 5.33 Å². The van der Waals surface area contributed by atoms with E-state index in [1.54, 1.807) is 6.08 Å². The fourth-order valence-corrected chi connectivity index (χ4v) is 1.38. The highest BCUT2D eigenvalue weighted by molar-refractivity contribution is 9.09. The molecule has 0 aliphatic carbocycles. The van der Waals surface area contributed by atoms with Crippen LogP contribution in [0, 0.1) is 0 Å². The monoisotopic (exact) mass is 280 g/mol. The maximum absolute atomic E-state index is 3.62. The number of allylic oxidation sites excluding steroid dienone is 9. The number of halogens is 1. The molecule has 0 radical (unpaired) electrons. The lowest BCUT2D eigenvalue weighted by atomic mass is 10.2. The van der Waals surface area contributed by atoms with Crippen LogP contribution in [0.5, 0.6) is 0 Å². The molecule has 0 spiro atoms. The molecule has 0 heterocycles. The molecule has 88 valence electrons. The lowest BCUT2D eigenvalue weighted by Crippen LogP contribution is -1.68. The zero-order valence-electron chi connectivity index (χ0n) is 9.82. The third-order valence-electron chi connectivity index (χ3n) is 1.88. The highest BCUT2D eigenvalue weighted by atomic mass is 79.9. The fraction of sp³-hybridized carbons (Fsp3) is 0.333. The van der Waals surface area contributed by atoms with Gasteiger partial charge in [-0.05, 0) is 25.7 Å². The van der Waals surface area contributed by atoms with Crippen molar-refractivity contribution in [1.82, 2.24) is 0 Å². The van der Waals surface area contributed by atoms with E-state index < -0.39 is 0 Å². The van der Waals surface area contributed by atoms with Gasteiger partial charge in [-0.15, -0.1) is 0 Å². The molecular formula is C15H21Br. The molecule has 0 aliphatic rings. The maximum Gasteiger partial charge on any atom is 0.00342 e. The summed E-state index contributed by atoms with van der Waals surface area (Å²) in [4.78, 5) is 0. The Bertz CT molecular complexity index is 257. The summed E-state index contributed by atoms with van der Waals surface area (Å²) < 4.78 is 0. The van der Waals surface area contributed by atoms with Gasteiger partial charge in [0.1, 0.15) is 0 Å². The second-order valence-electron chi connectivity index (χ2n) is 3.31. The molecule has 0 N–H and O–H groups in total. The fourth-order valence-electron chi connectivity index (χ4n) is 1.06. The van der Waals surface area contributed by atoms with E-state index in [0.717, 1.165) is 24.6 Å². The molecule has 0 bridgehead atoms. The van der Waals surface area contributed by atoms with E-state index in [4.69, 9.17) is 0 Å². The predicted octanol–water partition coefficient (Wildman–Crippen LogP) is 5.35. The number of unbranched alkanes of at least 4 members (excludes halogenated alkanes) is 2. The van der Waals surface area contributed by atoms with Gasteiger partial charge < -0.3 is 0 Å². The Balaban J connectivity index is 3.44. The van der Waals surface area contributed by atoms with E-state index in [-0.39, 0.29) is 0 Å². The Hall–Kier alpha value is -0.820. The van der Waals surface area contributed by atoms with Crippen LogP contribution >= 0.6 is 15.9 Å². The topological polar surface area (TPSA) is 0 Å². The molecule has 0 fully saturated rings. The Labute approximate surface area is 108 Å². The quantitative estimate of drug-likeness (QED) is 0.303. The van der Waals surface area contributed by atoms with Gasteiger partial charge in [-0.3, -0.25) is 0 Å². The molecule has 0 atom stereocenters. The van der Waals surface area contributed by atoms with Gasteiger partial charge in [0.2, 0.25) is 0 Å². The van der Waals surface area contributed by atoms with Crippen LogP contribution < -0.4 is 0 Å². The molecule has 0 aliphatic heterocycles. The lowest BCUT2D eigenvalue weighted by Gasteiger charge is -1.85. The standard InChI is InChI=1S/C15H21Br/c1-2-3-4-5-6-7-8-9-10-11-12-13-14-15-16/h2-4,7-12H,1,5-6,13-15H2. The molecule has 0 aromatic carbocycles. The minimum absolute atomic E-state index is 1.08. The van der Waals surface area contributed by atoms with Gasteiger partial charge in [0.15, 0.2) is 0 Å². The van der Waals surface area contributed by atoms with Crippen LogP contribution in [0.15, 0.2) is 61.3 Å². The van der Waals surface area contributed by atoms with Gasteiger partial charge in [-0.2, -0.15) is 0 Å². The van der Waals surface area contributed by atoms with Crippen LogP contribution in [0.3, 0.4) is 0 Å². The summed E-state index contributed by atoms with van der Waals surface area (Å²) >= 11 is 3.40. The van der Waals surface area contributed by atoms with Crippen LogP contribution in [0.4, 0.5) is 0 Å². The predicted molar refractivity (Wildman–Crippen MR) is 79.0 cm³/mol. The van der Waals surface area contributed by atoms with E-state index in [1.807, 2.05) is 6.08 Å². The van der Waals surface area contributed by atoms with Crippen LogP contribution in [0.25, 0.3) is 0 Å². The smallest absolute Gasteiger partial charge is 0.00342 e. The largest absolute Gasteiger partial charge is 0.0991 e. The lowest BCUT2D eigenvalue weighted by molar-refractivity contribution is 0.979. The van der Waals surface area contributed by atoms with Crippen molar-refractivity contribution < 1.29 is 0 Å². The van der Waals surface area contributed by atoms with E-state index in [2.05, 4.69) is 65.0 Å². The number of hydrogen-bond acceptors (Lipinski definition) is 0. The summed E-state index contributed by atoms with van der Waals surface area (Å²) in [7, 11) is 0. The van der Waals surface area contributed by atoms with Crippen molar-refractivity contribution in [1.29, 1.82) is 0 Å².